The third kappa shape index (κ3) is 2.49. The van der Waals surface area contributed by atoms with Gasteiger partial charge in [-0.1, -0.05) is 0 Å². The van der Waals surface area contributed by atoms with Crippen molar-refractivity contribution in [2.24, 2.45) is 0 Å². The molecule has 2 unspecified atom stereocenters. The van der Waals surface area contributed by atoms with Gasteiger partial charge in [0.2, 0.25) is 0 Å². The monoisotopic (exact) mass is 180 g/mol. The number of carbonyl (C=O) groups is 2. The normalized spacial score (nSPS) is 15.8. The standard InChI is InChI=1S/C4H6O4S2/c5-3(6)1(9)2(10)4(7)8/h1-2,9-10H,(H,5,6)(H,7,8)/p-2. The molecule has 0 fully saturated rings. The summed E-state index contributed by atoms with van der Waals surface area (Å²) < 4.78 is 0. The van der Waals surface area contributed by atoms with Gasteiger partial charge >= 0.3 is 0 Å². The highest BCUT2D eigenvalue weighted by molar-refractivity contribution is 7.86. The smallest absolute Gasteiger partial charge is 0.0582 e. The van der Waals surface area contributed by atoms with E-state index in [9.17, 15) is 19.8 Å². The topological polar surface area (TPSA) is 80.3 Å². The molecular weight excluding hydrogens is 176 g/mol. The second kappa shape index (κ2) is 3.72. The van der Waals surface area contributed by atoms with Gasteiger partial charge in [-0.2, -0.15) is 25.3 Å². The minimum absolute atomic E-state index is 1.44. The van der Waals surface area contributed by atoms with Crippen molar-refractivity contribution >= 4 is 37.2 Å². The number of thiol groups is 2. The van der Waals surface area contributed by atoms with Crippen molar-refractivity contribution in [3.05, 3.63) is 0 Å². The van der Waals surface area contributed by atoms with Crippen molar-refractivity contribution in [1.82, 2.24) is 0 Å². The number of hydrogen-bond donors (Lipinski definition) is 2. The molecule has 2 atom stereocenters. The summed E-state index contributed by atoms with van der Waals surface area (Å²) in [4.78, 5) is 19.8. The average Bonchev–Trinajstić information content (AvgIpc) is 1.84. The molecule has 0 N–H and O–H groups in total. The van der Waals surface area contributed by atoms with Crippen LogP contribution in [0.5, 0.6) is 0 Å². The molecule has 0 aliphatic rings. The molecule has 58 valence electrons. The third-order valence-corrected chi connectivity index (χ3v) is 2.04. The van der Waals surface area contributed by atoms with E-state index < -0.39 is 22.4 Å². The second-order valence-electron chi connectivity index (χ2n) is 1.53. The molecule has 6 heteroatoms. The van der Waals surface area contributed by atoms with Crippen LogP contribution in [0.3, 0.4) is 0 Å². The molecule has 10 heavy (non-hydrogen) atoms. The van der Waals surface area contributed by atoms with Crippen molar-refractivity contribution < 1.29 is 19.8 Å². The van der Waals surface area contributed by atoms with Gasteiger partial charge in [-0.15, -0.1) is 0 Å². The van der Waals surface area contributed by atoms with E-state index in [1.54, 1.807) is 0 Å². The van der Waals surface area contributed by atoms with Gasteiger partial charge in [0.05, 0.1) is 22.4 Å². The van der Waals surface area contributed by atoms with Crippen LogP contribution in [0.1, 0.15) is 0 Å². The summed E-state index contributed by atoms with van der Waals surface area (Å²) in [7, 11) is 0. The fourth-order valence-corrected chi connectivity index (χ4v) is 0.501. The maximum atomic E-state index is 9.92. The summed E-state index contributed by atoms with van der Waals surface area (Å²) >= 11 is 6.80. The molecule has 0 bridgehead atoms. The molecule has 0 saturated heterocycles. The summed E-state index contributed by atoms with van der Waals surface area (Å²) in [5.41, 5.74) is 0. The molecule has 0 aromatic rings. The lowest BCUT2D eigenvalue weighted by atomic mass is 10.3. The molecule has 0 saturated carbocycles. The fraction of sp³-hybridized carbons (Fsp3) is 0.500. The fourth-order valence-electron chi connectivity index (χ4n) is 0.258. The highest BCUT2D eigenvalue weighted by Gasteiger charge is 2.15. The zero-order valence-electron chi connectivity index (χ0n) is 4.68. The van der Waals surface area contributed by atoms with Gasteiger partial charge < -0.3 is 19.8 Å². The summed E-state index contributed by atoms with van der Waals surface area (Å²) in [6.07, 6.45) is 0. The lowest BCUT2D eigenvalue weighted by Gasteiger charge is -2.19. The van der Waals surface area contributed by atoms with E-state index in [0.29, 0.717) is 0 Å². The minimum Gasteiger partial charge on any atom is -0.549 e. The third-order valence-electron chi connectivity index (χ3n) is 0.782. The van der Waals surface area contributed by atoms with Crippen LogP contribution in [-0.4, -0.2) is 22.4 Å². The Morgan fingerprint density at radius 3 is 1.30 bits per heavy atom. The summed E-state index contributed by atoms with van der Waals surface area (Å²) in [5, 5.41) is 17.0. The predicted molar refractivity (Wildman–Crippen MR) is 35.6 cm³/mol. The van der Waals surface area contributed by atoms with Crippen LogP contribution in [0.4, 0.5) is 0 Å². The molecule has 0 aromatic carbocycles. The van der Waals surface area contributed by atoms with E-state index in [4.69, 9.17) is 0 Å². The Balaban J connectivity index is 4.07. The largest absolute Gasteiger partial charge is 0.549 e. The molecule has 0 aliphatic heterocycles. The molecule has 4 nitrogen and oxygen atoms in total. The Morgan fingerprint density at radius 1 is 1.00 bits per heavy atom. The van der Waals surface area contributed by atoms with E-state index in [2.05, 4.69) is 25.3 Å². The lowest BCUT2D eigenvalue weighted by Crippen LogP contribution is -2.46. The number of rotatable bonds is 3. The van der Waals surface area contributed by atoms with Crippen LogP contribution in [0, 0.1) is 0 Å². The van der Waals surface area contributed by atoms with Crippen LogP contribution < -0.4 is 10.2 Å². The Hall–Kier alpha value is -0.360. The van der Waals surface area contributed by atoms with Gasteiger partial charge in [0, 0.05) is 0 Å². The number of hydrogen-bond acceptors (Lipinski definition) is 6. The molecule has 0 amide bonds. The lowest BCUT2D eigenvalue weighted by molar-refractivity contribution is -0.313. The van der Waals surface area contributed by atoms with E-state index in [1.807, 2.05) is 0 Å². The van der Waals surface area contributed by atoms with Gasteiger partial charge in [0.1, 0.15) is 0 Å². The first kappa shape index (κ1) is 9.64. The SMILES string of the molecule is O=C([O-])C(S)C(S)C(=O)[O-]. The molecule has 0 aromatic heterocycles. The van der Waals surface area contributed by atoms with E-state index >= 15 is 0 Å². The van der Waals surface area contributed by atoms with Crippen molar-refractivity contribution in [2.75, 3.05) is 0 Å². The van der Waals surface area contributed by atoms with Gasteiger partial charge in [0.15, 0.2) is 0 Å². The van der Waals surface area contributed by atoms with Crippen molar-refractivity contribution in [3.8, 4) is 0 Å². The highest BCUT2D eigenvalue weighted by atomic mass is 32.1. The molecule has 0 radical (unpaired) electrons. The summed E-state index contributed by atoms with van der Waals surface area (Å²) in [6, 6.07) is 0. The van der Waals surface area contributed by atoms with Crippen molar-refractivity contribution in [3.63, 3.8) is 0 Å². The number of carbonyl (C=O) groups excluding carboxylic acids is 2. The number of carboxylic acid groups (broad SMARTS) is 2. The molecular formula is C4H4O4S2-2. The first-order valence-electron chi connectivity index (χ1n) is 2.24. The maximum absolute atomic E-state index is 9.92. The molecule has 0 spiro atoms. The Bertz CT molecular complexity index is 139. The Kier molecular flexibility index (Phi) is 3.59. The van der Waals surface area contributed by atoms with Crippen LogP contribution in [0.2, 0.25) is 0 Å². The highest BCUT2D eigenvalue weighted by Crippen LogP contribution is 2.06. The minimum atomic E-state index is -1.58. The van der Waals surface area contributed by atoms with Crippen molar-refractivity contribution in [2.45, 2.75) is 10.5 Å². The first-order valence-corrected chi connectivity index (χ1v) is 3.28. The Morgan fingerprint density at radius 2 is 1.20 bits per heavy atom. The zero-order valence-corrected chi connectivity index (χ0v) is 6.47. The van der Waals surface area contributed by atoms with E-state index in [0.717, 1.165) is 0 Å². The van der Waals surface area contributed by atoms with Gasteiger partial charge in [-0.05, 0) is 0 Å². The van der Waals surface area contributed by atoms with E-state index in [1.165, 1.54) is 0 Å². The number of aliphatic carboxylic acids is 2. The summed E-state index contributed by atoms with van der Waals surface area (Å²) in [6.45, 7) is 0. The average molecular weight is 180 g/mol. The zero-order chi connectivity index (χ0) is 8.31. The van der Waals surface area contributed by atoms with Crippen LogP contribution in [-0.2, 0) is 9.59 Å². The molecule has 0 rings (SSSR count). The molecule has 0 heterocycles. The summed E-state index contributed by atoms with van der Waals surface area (Å²) in [5.74, 6) is -3.15. The van der Waals surface area contributed by atoms with Crippen LogP contribution >= 0.6 is 25.3 Å². The molecule has 0 aliphatic carbocycles. The van der Waals surface area contributed by atoms with Crippen molar-refractivity contribution in [1.29, 1.82) is 0 Å². The maximum Gasteiger partial charge on any atom is 0.0582 e. The first-order chi connectivity index (χ1) is 4.46. The second-order valence-corrected chi connectivity index (χ2v) is 2.64. The predicted octanol–water partition coefficient (Wildman–Crippen LogP) is -2.92. The Labute approximate surface area is 68.1 Å². The quantitative estimate of drug-likeness (QED) is 0.456. The van der Waals surface area contributed by atoms with E-state index in [-0.39, 0.29) is 0 Å². The number of carboxylic acids is 2. The van der Waals surface area contributed by atoms with Crippen LogP contribution in [0.15, 0.2) is 0 Å². The van der Waals surface area contributed by atoms with Gasteiger partial charge in [-0.25, -0.2) is 0 Å². The van der Waals surface area contributed by atoms with Crippen LogP contribution in [0.25, 0.3) is 0 Å². The van der Waals surface area contributed by atoms with Gasteiger partial charge in [-0.3, -0.25) is 0 Å². The van der Waals surface area contributed by atoms with Gasteiger partial charge in [0.25, 0.3) is 0 Å².